The molecule has 78 valence electrons. The lowest BCUT2D eigenvalue weighted by Crippen LogP contribution is -2.55. The highest BCUT2D eigenvalue weighted by Gasteiger charge is 2.29. The van der Waals surface area contributed by atoms with Crippen molar-refractivity contribution in [3.05, 3.63) is 10.1 Å². The van der Waals surface area contributed by atoms with Crippen LogP contribution >= 0.6 is 0 Å². The predicted molar refractivity (Wildman–Crippen MR) is 46.8 cm³/mol. The molecule has 1 aliphatic rings. The lowest BCUT2D eigenvalue weighted by molar-refractivity contribution is -0.526. The Bertz CT molecular complexity index is 279. The van der Waals surface area contributed by atoms with E-state index in [4.69, 9.17) is 11.1 Å². The van der Waals surface area contributed by atoms with Gasteiger partial charge in [-0.05, 0) is 12.8 Å². The Labute approximate surface area is 79.7 Å². The number of carbonyl (C=O) groups excluding carboxylic acids is 1. The molecule has 0 aromatic rings. The summed E-state index contributed by atoms with van der Waals surface area (Å²) < 4.78 is 0. The Balaban J connectivity index is 2.62. The standard InChI is InChI=1S/C6H11N5O3/c7-4-2-1-3-10(5(4)12)6(8)9-11(13)14/h4H,1-3,7H2,(H2,8,9). The molecule has 0 saturated carbocycles. The van der Waals surface area contributed by atoms with Crippen LogP contribution in [0.3, 0.4) is 0 Å². The number of amides is 1. The molecular formula is C6H11N5O3. The van der Waals surface area contributed by atoms with E-state index in [0.717, 1.165) is 4.90 Å². The topological polar surface area (TPSA) is 125 Å². The fourth-order valence-corrected chi connectivity index (χ4v) is 1.27. The number of hydrazine groups is 1. The summed E-state index contributed by atoms with van der Waals surface area (Å²) in [7, 11) is 0. The molecule has 0 spiro atoms. The van der Waals surface area contributed by atoms with Gasteiger partial charge < -0.3 is 5.73 Å². The van der Waals surface area contributed by atoms with Gasteiger partial charge in [0.05, 0.1) is 6.04 Å². The van der Waals surface area contributed by atoms with E-state index in [9.17, 15) is 14.9 Å². The van der Waals surface area contributed by atoms with Gasteiger partial charge in [-0.2, -0.15) is 0 Å². The SMILES string of the molecule is N=C(N[N+](=O)[O-])N1CCCC(N)C1=O. The number of hydrogen-bond acceptors (Lipinski definition) is 5. The normalized spacial score (nSPS) is 21.9. The average molecular weight is 201 g/mol. The van der Waals surface area contributed by atoms with Gasteiger partial charge in [0, 0.05) is 6.54 Å². The number of guanidine groups is 1. The molecule has 1 rings (SSSR count). The van der Waals surface area contributed by atoms with Crippen LogP contribution in [0.4, 0.5) is 0 Å². The second-order valence-electron chi connectivity index (χ2n) is 2.96. The van der Waals surface area contributed by atoms with Crippen molar-refractivity contribution in [1.29, 1.82) is 5.41 Å². The second kappa shape index (κ2) is 4.01. The Hall–Kier alpha value is -1.70. The average Bonchev–Trinajstić information content (AvgIpc) is 2.08. The molecule has 1 unspecified atom stereocenters. The summed E-state index contributed by atoms with van der Waals surface area (Å²) in [5.41, 5.74) is 7.07. The van der Waals surface area contributed by atoms with Crippen molar-refractivity contribution in [1.82, 2.24) is 10.3 Å². The molecule has 8 nitrogen and oxygen atoms in total. The van der Waals surface area contributed by atoms with Crippen LogP contribution in [-0.4, -0.2) is 34.4 Å². The molecule has 0 aliphatic carbocycles. The molecule has 0 aromatic carbocycles. The number of nitrogens with zero attached hydrogens (tertiary/aromatic N) is 2. The first-order valence-electron chi connectivity index (χ1n) is 4.09. The van der Waals surface area contributed by atoms with Crippen LogP contribution in [0.15, 0.2) is 0 Å². The maximum absolute atomic E-state index is 11.3. The monoisotopic (exact) mass is 201 g/mol. The van der Waals surface area contributed by atoms with Crippen molar-refractivity contribution in [2.45, 2.75) is 18.9 Å². The first kappa shape index (κ1) is 10.4. The van der Waals surface area contributed by atoms with Crippen molar-refractivity contribution in [3.63, 3.8) is 0 Å². The summed E-state index contributed by atoms with van der Waals surface area (Å²) in [6.45, 7) is 0.298. The Morgan fingerprint density at radius 3 is 3.00 bits per heavy atom. The van der Waals surface area contributed by atoms with Crippen LogP contribution in [0.1, 0.15) is 12.8 Å². The molecule has 1 saturated heterocycles. The van der Waals surface area contributed by atoms with Gasteiger partial charge in [0.15, 0.2) is 5.03 Å². The fraction of sp³-hybridized carbons (Fsp3) is 0.667. The molecule has 1 fully saturated rings. The van der Waals surface area contributed by atoms with Gasteiger partial charge in [-0.15, -0.1) is 0 Å². The maximum atomic E-state index is 11.3. The molecule has 8 heteroatoms. The third kappa shape index (κ3) is 2.16. The van der Waals surface area contributed by atoms with Crippen LogP contribution < -0.4 is 11.2 Å². The van der Waals surface area contributed by atoms with E-state index in [0.29, 0.717) is 19.4 Å². The first-order valence-corrected chi connectivity index (χ1v) is 4.09. The Morgan fingerprint density at radius 2 is 2.43 bits per heavy atom. The van der Waals surface area contributed by atoms with Gasteiger partial charge >= 0.3 is 0 Å². The minimum absolute atomic E-state index is 0.298. The summed E-state index contributed by atoms with van der Waals surface area (Å²) in [5.74, 6) is -0.981. The van der Waals surface area contributed by atoms with Gasteiger partial charge in [0.25, 0.3) is 5.96 Å². The molecule has 1 heterocycles. The molecule has 0 radical (unpaired) electrons. The third-order valence-electron chi connectivity index (χ3n) is 1.95. The van der Waals surface area contributed by atoms with E-state index in [2.05, 4.69) is 0 Å². The number of nitro groups is 1. The molecule has 0 aromatic heterocycles. The Kier molecular flexibility index (Phi) is 2.97. The van der Waals surface area contributed by atoms with Crippen LogP contribution in [0.25, 0.3) is 0 Å². The van der Waals surface area contributed by atoms with E-state index >= 15 is 0 Å². The van der Waals surface area contributed by atoms with Crippen LogP contribution in [0.2, 0.25) is 0 Å². The van der Waals surface area contributed by atoms with Crippen LogP contribution in [0.5, 0.6) is 0 Å². The molecular weight excluding hydrogens is 190 g/mol. The predicted octanol–water partition coefficient (Wildman–Crippen LogP) is -1.35. The summed E-state index contributed by atoms with van der Waals surface area (Å²) in [6.07, 6.45) is 1.20. The fourth-order valence-electron chi connectivity index (χ4n) is 1.27. The summed E-state index contributed by atoms with van der Waals surface area (Å²) in [4.78, 5) is 22.4. The highest BCUT2D eigenvalue weighted by Crippen LogP contribution is 2.09. The third-order valence-corrected chi connectivity index (χ3v) is 1.95. The summed E-state index contributed by atoms with van der Waals surface area (Å²) in [6, 6.07) is -0.655. The molecule has 0 bridgehead atoms. The van der Waals surface area contributed by atoms with E-state index in [-0.39, 0.29) is 0 Å². The van der Waals surface area contributed by atoms with Gasteiger partial charge in [-0.3, -0.25) is 15.1 Å². The minimum Gasteiger partial charge on any atom is -0.320 e. The van der Waals surface area contributed by atoms with Crippen molar-refractivity contribution in [2.75, 3.05) is 6.54 Å². The molecule has 14 heavy (non-hydrogen) atoms. The highest BCUT2D eigenvalue weighted by atomic mass is 16.7. The van der Waals surface area contributed by atoms with E-state index < -0.39 is 22.9 Å². The minimum atomic E-state index is -0.879. The highest BCUT2D eigenvalue weighted by molar-refractivity contribution is 5.98. The first-order chi connectivity index (χ1) is 6.52. The van der Waals surface area contributed by atoms with Crippen LogP contribution in [-0.2, 0) is 4.79 Å². The molecule has 1 atom stereocenters. The zero-order chi connectivity index (χ0) is 10.7. The Morgan fingerprint density at radius 1 is 1.79 bits per heavy atom. The smallest absolute Gasteiger partial charge is 0.260 e. The zero-order valence-corrected chi connectivity index (χ0v) is 7.40. The summed E-state index contributed by atoms with van der Waals surface area (Å²) >= 11 is 0. The lowest BCUT2D eigenvalue weighted by atomic mass is 10.1. The zero-order valence-electron chi connectivity index (χ0n) is 7.40. The van der Waals surface area contributed by atoms with Crippen molar-refractivity contribution < 1.29 is 9.83 Å². The number of nitrogens with one attached hydrogen (secondary N) is 2. The van der Waals surface area contributed by atoms with Crippen molar-refractivity contribution in [2.24, 2.45) is 5.73 Å². The largest absolute Gasteiger partial charge is 0.320 e. The van der Waals surface area contributed by atoms with E-state index in [1.807, 2.05) is 0 Å². The van der Waals surface area contributed by atoms with Gasteiger partial charge in [-0.25, -0.2) is 10.1 Å². The number of nitrogens with two attached hydrogens (primary N) is 1. The van der Waals surface area contributed by atoms with E-state index in [1.54, 1.807) is 5.43 Å². The quantitative estimate of drug-likeness (QED) is 0.209. The van der Waals surface area contributed by atoms with Gasteiger partial charge in [0.2, 0.25) is 5.91 Å². The van der Waals surface area contributed by atoms with Gasteiger partial charge in [-0.1, -0.05) is 5.43 Å². The van der Waals surface area contributed by atoms with Gasteiger partial charge in [0.1, 0.15) is 0 Å². The molecule has 1 amide bonds. The van der Waals surface area contributed by atoms with Crippen molar-refractivity contribution >= 4 is 11.9 Å². The van der Waals surface area contributed by atoms with Crippen LogP contribution in [0, 0.1) is 15.5 Å². The number of rotatable bonds is 1. The summed E-state index contributed by atoms with van der Waals surface area (Å²) in [5, 5.41) is 16.4. The number of hydrogen-bond donors (Lipinski definition) is 3. The lowest BCUT2D eigenvalue weighted by Gasteiger charge is -2.28. The number of carbonyl (C=O) groups is 1. The second-order valence-corrected chi connectivity index (χ2v) is 2.96. The molecule has 1 aliphatic heterocycles. The van der Waals surface area contributed by atoms with E-state index in [1.165, 1.54) is 0 Å². The number of piperidine rings is 1. The molecule has 4 N–H and O–H groups in total. The number of likely N-dealkylation sites (tertiary alicyclic amines) is 1. The van der Waals surface area contributed by atoms with Crippen molar-refractivity contribution in [3.8, 4) is 0 Å². The maximum Gasteiger partial charge on any atom is 0.260 e.